The van der Waals surface area contributed by atoms with E-state index in [-0.39, 0.29) is 30.1 Å². The average Bonchev–Trinajstić information content (AvgIpc) is 3.68. The van der Waals surface area contributed by atoms with E-state index in [1.54, 1.807) is 0 Å². The van der Waals surface area contributed by atoms with Crippen LogP contribution in [-0.2, 0) is 9.53 Å². The molecular weight excluding hydrogens is 566 g/mol. The monoisotopic (exact) mass is 605 g/mol. The molecule has 6 heterocycles. The first-order valence-electron chi connectivity index (χ1n) is 15.4. The minimum Gasteiger partial charge on any atom is -0.469 e. The van der Waals surface area contributed by atoms with Gasteiger partial charge in [0.05, 0.1) is 46.5 Å². The van der Waals surface area contributed by atoms with Gasteiger partial charge in [0, 0.05) is 47.8 Å². The normalized spacial score (nSPS) is 18.5. The van der Waals surface area contributed by atoms with E-state index < -0.39 is 5.91 Å². The fourth-order valence-corrected chi connectivity index (χ4v) is 7.13. The summed E-state index contributed by atoms with van der Waals surface area (Å²) in [5.74, 6) is -1.37. The topological polar surface area (TPSA) is 121 Å². The number of carbonyl (C=O) groups excluding carboxylic acids is 3. The highest BCUT2D eigenvalue weighted by Crippen LogP contribution is 2.45. The average molecular weight is 606 g/mol. The van der Waals surface area contributed by atoms with E-state index in [4.69, 9.17) is 14.7 Å². The maximum Gasteiger partial charge on any atom is 0.305 e. The van der Waals surface area contributed by atoms with E-state index in [9.17, 15) is 14.4 Å². The second-order valence-corrected chi connectivity index (χ2v) is 12.4. The summed E-state index contributed by atoms with van der Waals surface area (Å²) in [6.45, 7) is 16.5. The second kappa shape index (κ2) is 11.0. The van der Waals surface area contributed by atoms with Gasteiger partial charge in [-0.15, -0.1) is 0 Å². The zero-order valence-electron chi connectivity index (χ0n) is 27.2. The Labute approximate surface area is 262 Å². The van der Waals surface area contributed by atoms with Gasteiger partial charge in [-0.25, -0.2) is 9.97 Å². The number of H-pyrrole nitrogens is 2. The second-order valence-electron chi connectivity index (χ2n) is 12.4. The number of ether oxygens (including phenoxy) is 1. The van der Waals surface area contributed by atoms with Gasteiger partial charge in [-0.2, -0.15) is 0 Å². The molecule has 9 heteroatoms. The molecule has 0 radical (unpaired) electrons. The molecule has 0 fully saturated rings. The predicted molar refractivity (Wildman–Crippen MR) is 176 cm³/mol. The Kier molecular flexibility index (Phi) is 7.38. The Morgan fingerprint density at radius 2 is 1.64 bits per heavy atom. The lowest BCUT2D eigenvalue weighted by Crippen LogP contribution is -2.37. The van der Waals surface area contributed by atoms with Crippen molar-refractivity contribution in [3.05, 3.63) is 81.2 Å². The van der Waals surface area contributed by atoms with Crippen LogP contribution in [0, 0.1) is 6.92 Å². The highest BCUT2D eigenvalue weighted by Gasteiger charge is 2.39. The lowest BCUT2D eigenvalue weighted by Gasteiger charge is -2.24. The van der Waals surface area contributed by atoms with Crippen LogP contribution in [0.5, 0.6) is 0 Å². The van der Waals surface area contributed by atoms with Crippen molar-refractivity contribution in [1.82, 2.24) is 24.8 Å². The molecule has 0 saturated heterocycles. The first kappa shape index (κ1) is 30.2. The summed E-state index contributed by atoms with van der Waals surface area (Å²) >= 11 is 0. The van der Waals surface area contributed by atoms with E-state index in [1.807, 2.05) is 39.0 Å². The Hall–Kier alpha value is -4.79. The Morgan fingerprint density at radius 1 is 0.978 bits per heavy atom. The Morgan fingerprint density at radius 3 is 2.31 bits per heavy atom. The number of allylic oxidation sites excluding steroid dienone is 5. The molecule has 2 amide bonds. The van der Waals surface area contributed by atoms with E-state index in [1.165, 1.54) is 19.1 Å². The SMILES string of the molecule is C=C(C)C1=C(C)c2cc3[nH]c(c4c5[nH]c(cc6nc(cc1n2)C(C)=C6CC)c(C)c5C(=O)N(C)C4=O)[C@@H](CCC(=O)OC)[C@@H]3C. The van der Waals surface area contributed by atoms with Crippen molar-refractivity contribution in [3.63, 3.8) is 0 Å². The molecule has 4 aliphatic heterocycles. The fourth-order valence-electron chi connectivity index (χ4n) is 7.13. The number of nitrogens with one attached hydrogen (secondary N) is 2. The standard InChI is InChI=1S/C36H39N5O4/c1-10-21-17(4)23-15-28-30(16(2)3)19(6)25(38-28)13-24-18(5)22(11-12-29(42)45-9)33(39-24)32-34-31(35(43)41(8)36(32)44)20(7)26(40-34)14-27(21)37-23/h13-15,18,22,39-40H,2,10-12H2,1,3-9H3/t18-,22-/m0/s1. The first-order valence-corrected chi connectivity index (χ1v) is 15.4. The van der Waals surface area contributed by atoms with Crippen LogP contribution in [0.4, 0.5) is 0 Å². The lowest BCUT2D eigenvalue weighted by molar-refractivity contribution is -0.140. The summed E-state index contributed by atoms with van der Waals surface area (Å²) in [5.41, 5.74) is 12.7. The maximum absolute atomic E-state index is 14.0. The number of aromatic nitrogens is 4. The Bertz CT molecular complexity index is 1990. The van der Waals surface area contributed by atoms with Gasteiger partial charge in [0.1, 0.15) is 0 Å². The van der Waals surface area contributed by atoms with Gasteiger partial charge in [-0.3, -0.25) is 19.3 Å². The van der Waals surface area contributed by atoms with Crippen molar-refractivity contribution in [2.45, 2.75) is 72.6 Å². The van der Waals surface area contributed by atoms with Gasteiger partial charge in [0.15, 0.2) is 0 Å². The van der Waals surface area contributed by atoms with Gasteiger partial charge in [-0.05, 0) is 86.6 Å². The fraction of sp³-hybridized carbons (Fsp3) is 0.361. The molecule has 232 valence electrons. The number of aromatic amines is 2. The van der Waals surface area contributed by atoms with Gasteiger partial charge in [0.2, 0.25) is 0 Å². The zero-order chi connectivity index (χ0) is 32.5. The number of fused-ring (bicyclic) bond motifs is 8. The predicted octanol–water partition coefficient (Wildman–Crippen LogP) is 7.26. The number of esters is 1. The maximum atomic E-state index is 14.0. The minimum absolute atomic E-state index is 0.0841. The smallest absolute Gasteiger partial charge is 0.305 e. The first-order chi connectivity index (χ1) is 21.4. The molecule has 0 aromatic carbocycles. The van der Waals surface area contributed by atoms with Gasteiger partial charge >= 0.3 is 5.97 Å². The quantitative estimate of drug-likeness (QED) is 0.273. The molecule has 0 saturated carbocycles. The number of nitrogens with zero attached hydrogens (tertiary/aromatic N) is 3. The minimum atomic E-state index is -0.400. The molecule has 2 aromatic heterocycles. The van der Waals surface area contributed by atoms with E-state index in [2.05, 4.69) is 37.3 Å². The number of rotatable bonds is 5. The number of methoxy groups -OCH3 is 1. The molecule has 6 rings (SSSR count). The molecule has 4 aliphatic rings. The van der Waals surface area contributed by atoms with Crippen molar-refractivity contribution in [2.75, 3.05) is 14.2 Å². The molecule has 45 heavy (non-hydrogen) atoms. The van der Waals surface area contributed by atoms with Crippen LogP contribution < -0.4 is 0 Å². The van der Waals surface area contributed by atoms with Crippen LogP contribution in [0.3, 0.4) is 0 Å². The van der Waals surface area contributed by atoms with E-state index in [0.29, 0.717) is 28.8 Å². The van der Waals surface area contributed by atoms with Crippen LogP contribution in [0.15, 0.2) is 30.4 Å². The van der Waals surface area contributed by atoms with Crippen molar-refractivity contribution in [3.8, 4) is 0 Å². The number of hydrogen-bond donors (Lipinski definition) is 2. The van der Waals surface area contributed by atoms with E-state index >= 15 is 0 Å². The third-order valence-electron chi connectivity index (χ3n) is 9.75. The largest absolute Gasteiger partial charge is 0.469 e. The summed E-state index contributed by atoms with van der Waals surface area (Å²) in [6, 6.07) is 6.04. The summed E-state index contributed by atoms with van der Waals surface area (Å²) in [6.07, 6.45) is 1.42. The number of carbonyl (C=O) groups is 3. The highest BCUT2D eigenvalue weighted by atomic mass is 16.5. The molecular formula is C36H39N5O4. The molecule has 9 nitrogen and oxygen atoms in total. The van der Waals surface area contributed by atoms with Crippen LogP contribution in [0.25, 0.3) is 33.3 Å². The summed E-state index contributed by atoms with van der Waals surface area (Å²) < 4.78 is 4.97. The Balaban J connectivity index is 1.80. The molecule has 2 N–H and O–H groups in total. The van der Waals surface area contributed by atoms with Gasteiger partial charge < -0.3 is 14.7 Å². The van der Waals surface area contributed by atoms with Crippen LogP contribution in [0.1, 0.15) is 126 Å². The number of amides is 2. The summed E-state index contributed by atoms with van der Waals surface area (Å²) in [7, 11) is 2.89. The number of imide groups is 1. The molecule has 0 aliphatic carbocycles. The molecule has 0 spiro atoms. The van der Waals surface area contributed by atoms with Crippen molar-refractivity contribution < 1.29 is 19.1 Å². The number of hydrogen-bond acceptors (Lipinski definition) is 6. The van der Waals surface area contributed by atoms with Gasteiger partial charge in [0.25, 0.3) is 11.8 Å². The van der Waals surface area contributed by atoms with Crippen molar-refractivity contribution >= 4 is 51.1 Å². The molecule has 2 aromatic rings. The third kappa shape index (κ3) is 4.64. The zero-order valence-corrected chi connectivity index (χ0v) is 27.2. The van der Waals surface area contributed by atoms with E-state index in [0.717, 1.165) is 73.8 Å². The van der Waals surface area contributed by atoms with Crippen LogP contribution in [-0.4, -0.2) is 56.8 Å². The summed E-state index contributed by atoms with van der Waals surface area (Å²) in [5, 5.41) is 0. The van der Waals surface area contributed by atoms with Gasteiger partial charge in [-0.1, -0.05) is 20.4 Å². The molecule has 8 bridgehead atoms. The number of aryl methyl sites for hydroxylation is 1. The van der Waals surface area contributed by atoms with Crippen LogP contribution in [0.2, 0.25) is 0 Å². The third-order valence-corrected chi connectivity index (χ3v) is 9.75. The molecule has 0 unspecified atom stereocenters. The lowest BCUT2D eigenvalue weighted by atomic mass is 9.84. The highest BCUT2D eigenvalue weighted by molar-refractivity contribution is 6.23. The molecule has 2 atom stereocenters. The van der Waals surface area contributed by atoms with Crippen molar-refractivity contribution in [1.29, 1.82) is 0 Å². The van der Waals surface area contributed by atoms with Crippen molar-refractivity contribution in [2.24, 2.45) is 0 Å². The van der Waals surface area contributed by atoms with Crippen LogP contribution >= 0.6 is 0 Å². The summed E-state index contributed by atoms with van der Waals surface area (Å²) in [4.78, 5) is 58.2.